The monoisotopic (exact) mass is 366 g/mol. The number of carbonyl (C=O) groups is 1. The zero-order chi connectivity index (χ0) is 18.8. The average molecular weight is 366 g/mol. The third-order valence-corrected chi connectivity index (χ3v) is 3.74. The van der Waals surface area contributed by atoms with Gasteiger partial charge in [0.1, 0.15) is 11.9 Å². The van der Waals surface area contributed by atoms with Gasteiger partial charge in [-0.05, 0) is 18.9 Å². The van der Waals surface area contributed by atoms with Crippen molar-refractivity contribution >= 4 is 11.7 Å². The third kappa shape index (κ3) is 4.78. The maximum absolute atomic E-state index is 13.3. The van der Waals surface area contributed by atoms with Crippen molar-refractivity contribution in [1.82, 2.24) is 5.06 Å². The van der Waals surface area contributed by atoms with Crippen molar-refractivity contribution in [2.24, 2.45) is 0 Å². The second-order valence-electron chi connectivity index (χ2n) is 5.50. The summed E-state index contributed by atoms with van der Waals surface area (Å²) >= 11 is 0. The van der Waals surface area contributed by atoms with E-state index in [-0.39, 0.29) is 12.2 Å². The number of hydrogen-bond donors (Lipinski definition) is 0. The third-order valence-electron chi connectivity index (χ3n) is 3.74. The van der Waals surface area contributed by atoms with Crippen molar-refractivity contribution in [2.75, 3.05) is 7.05 Å². The Balaban J connectivity index is 1.99. The maximum atomic E-state index is 13.3. The van der Waals surface area contributed by atoms with E-state index >= 15 is 0 Å². The first kappa shape index (κ1) is 18.9. The molecule has 0 amide bonds. The van der Waals surface area contributed by atoms with E-state index in [1.54, 1.807) is 0 Å². The van der Waals surface area contributed by atoms with E-state index in [0.29, 0.717) is 12.8 Å². The molecule has 7 nitrogen and oxygen atoms in total. The van der Waals surface area contributed by atoms with E-state index in [1.165, 1.54) is 7.05 Å². The number of carbonyl (C=O) groups excluding carboxylic acids is 1. The van der Waals surface area contributed by atoms with Crippen LogP contribution in [0.2, 0.25) is 0 Å². The Hall–Kier alpha value is -2.43. The molecule has 0 aliphatic heterocycles. The topological polar surface area (TPSA) is 81.9 Å². The van der Waals surface area contributed by atoms with E-state index in [4.69, 9.17) is 4.74 Å². The number of hydrogen-bond acceptors (Lipinski definition) is 6. The first-order valence-electron chi connectivity index (χ1n) is 7.20. The van der Waals surface area contributed by atoms with Gasteiger partial charge in [-0.1, -0.05) is 0 Å². The normalized spacial score (nSPS) is 20.6. The van der Waals surface area contributed by atoms with Crippen molar-refractivity contribution in [3.63, 3.8) is 0 Å². The molecule has 1 aliphatic rings. The molecular formula is C14H14F4N2O5. The summed E-state index contributed by atoms with van der Waals surface area (Å²) in [6.45, 7) is 0. The minimum absolute atomic E-state index is 0.162. The molecule has 2 rings (SSSR count). The Bertz CT molecular complexity index is 667. The lowest BCUT2D eigenvalue weighted by molar-refractivity contribution is -0.386. The molecule has 0 radical (unpaired) electrons. The summed E-state index contributed by atoms with van der Waals surface area (Å²) in [7, 11) is 1.18. The van der Waals surface area contributed by atoms with E-state index in [1.807, 2.05) is 0 Å². The van der Waals surface area contributed by atoms with Crippen LogP contribution >= 0.6 is 0 Å². The van der Waals surface area contributed by atoms with Crippen LogP contribution in [0.5, 0.6) is 5.75 Å². The van der Waals surface area contributed by atoms with Gasteiger partial charge in [0, 0.05) is 31.6 Å². The fourth-order valence-corrected chi connectivity index (χ4v) is 2.52. The van der Waals surface area contributed by atoms with Crippen LogP contribution in [0.15, 0.2) is 18.2 Å². The fourth-order valence-electron chi connectivity index (χ4n) is 2.52. The van der Waals surface area contributed by atoms with Gasteiger partial charge < -0.3 is 9.57 Å². The highest BCUT2D eigenvalue weighted by atomic mass is 19.4. The molecule has 0 bridgehead atoms. The van der Waals surface area contributed by atoms with Crippen LogP contribution in [0.4, 0.5) is 23.2 Å². The Kier molecular flexibility index (Phi) is 5.45. The highest BCUT2D eigenvalue weighted by molar-refractivity contribution is 5.75. The van der Waals surface area contributed by atoms with Gasteiger partial charge in [-0.15, -0.1) is 5.06 Å². The molecular weight excluding hydrogens is 352 g/mol. The number of alkyl halides is 3. The summed E-state index contributed by atoms with van der Waals surface area (Å²) < 4.78 is 55.3. The van der Waals surface area contributed by atoms with E-state index in [0.717, 1.165) is 23.3 Å². The molecule has 25 heavy (non-hydrogen) atoms. The number of nitrogens with zero attached hydrogens (tertiary/aromatic N) is 2. The molecule has 0 N–H and O–H groups in total. The van der Waals surface area contributed by atoms with Gasteiger partial charge in [-0.2, -0.15) is 13.2 Å². The minimum atomic E-state index is -5.11. The van der Waals surface area contributed by atoms with Crippen molar-refractivity contribution in [2.45, 2.75) is 37.6 Å². The van der Waals surface area contributed by atoms with Crippen LogP contribution in [-0.4, -0.2) is 41.3 Å². The average Bonchev–Trinajstić information content (AvgIpc) is 2.94. The quantitative estimate of drug-likeness (QED) is 0.453. The molecule has 0 aromatic heterocycles. The lowest BCUT2D eigenvalue weighted by Gasteiger charge is -2.23. The lowest BCUT2D eigenvalue weighted by atomic mass is 10.2. The predicted molar refractivity (Wildman–Crippen MR) is 75.0 cm³/mol. The van der Waals surface area contributed by atoms with E-state index in [9.17, 15) is 32.5 Å². The largest absolute Gasteiger partial charge is 0.492 e. The summed E-state index contributed by atoms with van der Waals surface area (Å²) in [5, 5.41) is 11.7. The molecule has 11 heteroatoms. The number of hydroxylamine groups is 2. The van der Waals surface area contributed by atoms with Gasteiger partial charge in [0.2, 0.25) is 0 Å². The lowest BCUT2D eigenvalue weighted by Crippen LogP contribution is -2.38. The van der Waals surface area contributed by atoms with Crippen molar-refractivity contribution in [3.05, 3.63) is 34.1 Å². The van der Waals surface area contributed by atoms with Crippen LogP contribution < -0.4 is 4.74 Å². The summed E-state index contributed by atoms with van der Waals surface area (Å²) in [6, 6.07) is 2.21. The maximum Gasteiger partial charge on any atom is 0.492 e. The second-order valence-corrected chi connectivity index (χ2v) is 5.50. The summed E-state index contributed by atoms with van der Waals surface area (Å²) in [5.41, 5.74) is -0.415. The first-order valence-corrected chi connectivity index (χ1v) is 7.20. The Morgan fingerprint density at radius 1 is 1.36 bits per heavy atom. The molecule has 2 atom stereocenters. The number of ether oxygens (including phenoxy) is 1. The van der Waals surface area contributed by atoms with Gasteiger partial charge in [0.05, 0.1) is 4.92 Å². The number of nitro benzene ring substituents is 1. The number of rotatable bonds is 5. The van der Waals surface area contributed by atoms with E-state index in [2.05, 4.69) is 4.84 Å². The zero-order valence-electron chi connectivity index (χ0n) is 13.0. The predicted octanol–water partition coefficient (Wildman–Crippen LogP) is 2.99. The highest BCUT2D eigenvalue weighted by Gasteiger charge is 2.43. The zero-order valence-corrected chi connectivity index (χ0v) is 13.0. The molecule has 0 unspecified atom stereocenters. The van der Waals surface area contributed by atoms with Gasteiger partial charge >= 0.3 is 17.8 Å². The number of benzene rings is 1. The smallest absolute Gasteiger partial charge is 0.483 e. The fraction of sp³-hybridized carbons (Fsp3) is 0.500. The molecule has 1 aromatic rings. The summed E-state index contributed by atoms with van der Waals surface area (Å²) in [6.07, 6.45) is -4.83. The standard InChI is InChI=1S/C14H14F4N2O5/c1-19(25-13(21)14(16,17)18)9-3-4-10(7-9)24-12-6-8(15)2-5-11(12)20(22)23/h2,5-6,9-10H,3-4,7H2,1H3/t9-,10-/m0/s1. The SMILES string of the molecule is CN(OC(=O)C(F)(F)F)[C@H]1CC[C@H](Oc2cc(F)ccc2[N+](=O)[O-])C1. The molecule has 1 aliphatic carbocycles. The second kappa shape index (κ2) is 7.21. The van der Waals surface area contributed by atoms with Crippen LogP contribution in [-0.2, 0) is 9.63 Å². The molecule has 1 saturated carbocycles. The van der Waals surface area contributed by atoms with Gasteiger partial charge in [0.15, 0.2) is 5.75 Å². The van der Waals surface area contributed by atoms with Crippen molar-refractivity contribution in [3.8, 4) is 5.75 Å². The first-order chi connectivity index (χ1) is 11.6. The molecule has 1 aromatic carbocycles. The number of nitro groups is 1. The molecule has 138 valence electrons. The minimum Gasteiger partial charge on any atom is -0.483 e. The number of halogens is 4. The van der Waals surface area contributed by atoms with E-state index < -0.39 is 40.7 Å². The van der Waals surface area contributed by atoms with Crippen molar-refractivity contribution < 1.29 is 36.9 Å². The van der Waals surface area contributed by atoms with Gasteiger partial charge in [0.25, 0.3) is 0 Å². The molecule has 0 spiro atoms. The van der Waals surface area contributed by atoms with Crippen LogP contribution in [0, 0.1) is 15.9 Å². The molecule has 1 fully saturated rings. The van der Waals surface area contributed by atoms with Crippen LogP contribution in [0.25, 0.3) is 0 Å². The Labute approximate surface area is 139 Å². The Morgan fingerprint density at radius 2 is 2.04 bits per heavy atom. The van der Waals surface area contributed by atoms with Crippen LogP contribution in [0.3, 0.4) is 0 Å². The van der Waals surface area contributed by atoms with Gasteiger partial charge in [-0.3, -0.25) is 10.1 Å². The van der Waals surface area contributed by atoms with Crippen LogP contribution in [0.1, 0.15) is 19.3 Å². The summed E-state index contributed by atoms with van der Waals surface area (Å²) in [5.74, 6) is -3.31. The Morgan fingerprint density at radius 3 is 2.64 bits per heavy atom. The summed E-state index contributed by atoms with van der Waals surface area (Å²) in [4.78, 5) is 25.3. The van der Waals surface area contributed by atoms with Gasteiger partial charge in [-0.25, -0.2) is 9.18 Å². The van der Waals surface area contributed by atoms with Crippen molar-refractivity contribution in [1.29, 1.82) is 0 Å². The molecule has 0 heterocycles. The molecule has 0 saturated heterocycles. The highest BCUT2D eigenvalue weighted by Crippen LogP contribution is 2.33.